The van der Waals surface area contributed by atoms with E-state index in [1.54, 1.807) is 10.7 Å². The van der Waals surface area contributed by atoms with Crippen LogP contribution in [0.5, 0.6) is 0 Å². The Hall–Kier alpha value is 25.1. The average molecular weight is 1640 g/mol. The van der Waals surface area contributed by atoms with Crippen molar-refractivity contribution < 1.29 is 418 Å². The SMILES string of the molecule is Fc1c[c-]c(C2(Cn3ncnc3[S-])OC2c2ccccc2Cl)cc1.[H-].[Rb+].[Rb+].[Rb+].[Rb+].[Rb+].[Rb+].[Rb+].[Rb][Rb].[Rb][Rb].[Rb][Rb].[Rb][Rb]. The van der Waals surface area contributed by atoms with Gasteiger partial charge in [-0.3, -0.25) is 9.07 Å². The molecule has 4 nitrogen and oxygen atoms in total. The molecule has 132 valence electrons. The molecule has 1 fully saturated rings. The molecule has 0 aliphatic carbocycles. The van der Waals surface area contributed by atoms with Crippen LogP contribution in [0.15, 0.2) is 53.9 Å². The van der Waals surface area contributed by atoms with Crippen LogP contribution >= 0.6 is 11.6 Å². The molecular weight excluding hydrogens is 1630 g/mol. The molecule has 1 aliphatic rings. The van der Waals surface area contributed by atoms with Crippen molar-refractivity contribution >= 4 is 295 Å². The van der Waals surface area contributed by atoms with E-state index in [4.69, 9.17) is 29.0 Å². The van der Waals surface area contributed by atoms with Gasteiger partial charge in [-0.2, -0.15) is 17.2 Å². The standard InChI is InChI=1S/C17H12ClFN3OS.15Rb.H/c18-14-4-2-1-3-13(14)15-17(23-15,9-22-16(24)20-10-21-22)11-5-7-12(19)8-6-11;;;;;;;;;;;;;;;;/h1-5,7-8,10,15H,9H2,(H,20,21,24);;;;;;;;;;;;;;;;/q-1;;;;;;;;;7*+1;-1/p-1. The van der Waals surface area contributed by atoms with Gasteiger partial charge in [-0.1, -0.05) is 29.8 Å². The molecule has 0 spiro atoms. The second kappa shape index (κ2) is 57.4. The van der Waals surface area contributed by atoms with Crippen LogP contribution in [0.2, 0.25) is 5.02 Å². The molecule has 0 radical (unpaired) electrons. The predicted molar refractivity (Wildman–Crippen MR) is 135 cm³/mol. The molecule has 22 heteroatoms. The van der Waals surface area contributed by atoms with Crippen LogP contribution in [0.25, 0.3) is 0 Å². The summed E-state index contributed by atoms with van der Waals surface area (Å²) in [7, 11) is 0. The Morgan fingerprint density at radius 1 is 0.923 bits per heavy atom. The Labute approximate surface area is 784 Å². The molecule has 3 aromatic rings. The van der Waals surface area contributed by atoms with Crippen molar-refractivity contribution in [2.75, 3.05) is 0 Å². The third kappa shape index (κ3) is 36.7. The topological polar surface area (TPSA) is 43.2 Å². The predicted octanol–water partition coefficient (Wildman–Crippen LogP) is -20.5. The van der Waals surface area contributed by atoms with Gasteiger partial charge in [0.2, 0.25) is 0 Å². The molecule has 2 unspecified atom stereocenters. The van der Waals surface area contributed by atoms with Gasteiger partial charge in [-0.05, 0) is 6.07 Å². The first-order chi connectivity index (χ1) is 15.6. The normalized spacial score (nSPS) is 14.7. The first-order valence-electron chi connectivity index (χ1n) is 11.2. The van der Waals surface area contributed by atoms with E-state index in [2.05, 4.69) is 16.1 Å². The van der Waals surface area contributed by atoms with Crippen LogP contribution in [0.3, 0.4) is 0 Å². The van der Waals surface area contributed by atoms with E-state index >= 15 is 0 Å². The Morgan fingerprint density at radius 3 is 1.85 bits per heavy atom. The summed E-state index contributed by atoms with van der Waals surface area (Å²) in [5.74, 6) is -0.353. The number of benzene rings is 2. The van der Waals surface area contributed by atoms with Gasteiger partial charge in [0.15, 0.2) is 0 Å². The Balaban J connectivity index is -0.0000000794. The Bertz CT molecular complexity index is 930. The zero-order chi connectivity index (χ0) is 24.7. The monoisotopic (exact) mass is 1630 g/mol. The van der Waals surface area contributed by atoms with Crippen LogP contribution in [-0.2, 0) is 29.5 Å². The first kappa shape index (κ1) is 81.1. The molecule has 1 aliphatic heterocycles. The molecule has 1 aromatic heterocycles. The fourth-order valence-electron chi connectivity index (χ4n) is 2.84. The van der Waals surface area contributed by atoms with Crippen molar-refractivity contribution in [3.8, 4) is 0 Å². The summed E-state index contributed by atoms with van der Waals surface area (Å²) in [6.45, 7) is 0.351. The van der Waals surface area contributed by atoms with Gasteiger partial charge in [0.25, 0.3) is 0 Å². The van der Waals surface area contributed by atoms with Crippen molar-refractivity contribution in [2.45, 2.75) is 23.4 Å². The minimum absolute atomic E-state index is 0. The van der Waals surface area contributed by atoms with Gasteiger partial charge >= 0.3 is 678 Å². The van der Waals surface area contributed by atoms with E-state index in [0.29, 0.717) is 16.7 Å². The van der Waals surface area contributed by atoms with E-state index in [9.17, 15) is 4.39 Å². The van der Waals surface area contributed by atoms with E-state index in [-0.39, 0.29) is 421 Å². The maximum absolute atomic E-state index is 13.3. The zero-order valence-corrected chi connectivity index (χ0v) is 103. The van der Waals surface area contributed by atoms with Gasteiger partial charge in [0.1, 0.15) is 18.0 Å². The second-order valence-electron chi connectivity index (χ2n) is 5.53. The van der Waals surface area contributed by atoms with Gasteiger partial charge < -0.3 is 18.8 Å². The van der Waals surface area contributed by atoms with E-state index < -0.39 is 5.60 Å². The van der Waals surface area contributed by atoms with Crippen molar-refractivity contribution in [2.24, 2.45) is 0 Å². The summed E-state index contributed by atoms with van der Waals surface area (Å²) in [6, 6.07) is 14.8. The second-order valence-corrected chi connectivity index (χ2v) is 6.30. The number of hydrogen-bond donors (Lipinski definition) is 0. The molecular formula is C17H12ClFN3ORb15S+4. The van der Waals surface area contributed by atoms with Crippen LogP contribution in [-0.4, -0.2) is 286 Å². The Kier molecular flexibility index (Phi) is 119. The Morgan fingerprint density at radius 2 is 1.44 bits per heavy atom. The van der Waals surface area contributed by atoms with E-state index in [0.717, 1.165) is 282 Å². The molecule has 1 saturated heterocycles. The molecule has 2 heterocycles. The maximum atomic E-state index is 13.3. The van der Waals surface area contributed by atoms with E-state index in [1.807, 2.05) is 24.3 Å². The summed E-state index contributed by atoms with van der Waals surface area (Å²) in [5.41, 5.74) is 0.835. The summed E-state index contributed by atoms with van der Waals surface area (Å²) >= 11 is 20.8. The summed E-state index contributed by atoms with van der Waals surface area (Å²) in [4.78, 5) is 3.97. The molecule has 0 saturated carbocycles. The summed E-state index contributed by atoms with van der Waals surface area (Å²) in [6.07, 6.45) is 1.11. The third-order valence-electron chi connectivity index (χ3n) is 4.08. The van der Waals surface area contributed by atoms with Gasteiger partial charge in [-0.25, -0.2) is 4.98 Å². The first-order valence-corrected chi connectivity index (χ1v) is 148. The van der Waals surface area contributed by atoms with Crippen LogP contribution in [0, 0.1) is 11.9 Å². The average Bonchev–Trinajstić information content (AvgIpc) is 3.44. The molecule has 0 N–H and O–H groups in total. The minimum atomic E-state index is -0.750. The van der Waals surface area contributed by atoms with E-state index in [1.165, 1.54) is 18.5 Å². The van der Waals surface area contributed by atoms with Gasteiger partial charge in [0.05, 0.1) is 6.54 Å². The number of aromatic nitrogens is 3. The van der Waals surface area contributed by atoms with Crippen LogP contribution in [0.4, 0.5) is 4.39 Å². The third-order valence-corrected chi connectivity index (χ3v) is 4.74. The molecule has 39 heavy (non-hydrogen) atoms. The number of hydrogen-bond acceptors (Lipinski definition) is 4. The zero-order valence-electron chi connectivity index (χ0n) is 28.3. The number of epoxide rings is 1. The van der Waals surface area contributed by atoms with Crippen molar-refractivity contribution in [3.63, 3.8) is 0 Å². The van der Waals surface area contributed by atoms with Crippen molar-refractivity contribution in [1.82, 2.24) is 14.8 Å². The number of halogens is 2. The van der Waals surface area contributed by atoms with Crippen molar-refractivity contribution in [1.29, 1.82) is 0 Å². The molecule has 2 atom stereocenters. The van der Waals surface area contributed by atoms with Gasteiger partial charge in [0, 0.05) is 21.6 Å². The van der Waals surface area contributed by atoms with Crippen molar-refractivity contribution in [3.05, 3.63) is 76.8 Å². The molecule has 4 rings (SSSR count). The molecule has 2 aromatic carbocycles. The number of ether oxygens (including phenoxy) is 1. The number of nitrogens with zero attached hydrogens (tertiary/aromatic N) is 3. The quantitative estimate of drug-likeness (QED) is 0.148. The van der Waals surface area contributed by atoms with Gasteiger partial charge in [-0.15, -0.1) is 17.7 Å². The number of rotatable bonds is 4. The molecule has 0 bridgehead atoms. The fraction of sp³-hybridized carbons (Fsp3) is 0.176. The summed E-state index contributed by atoms with van der Waals surface area (Å²) < 4.78 is 20.9. The fourth-order valence-corrected chi connectivity index (χ4v) is 3.24. The molecule has 0 amide bonds. The summed E-state index contributed by atoms with van der Waals surface area (Å²) in [5, 5.41) is 5.12. The van der Waals surface area contributed by atoms with Crippen LogP contribution in [0.1, 0.15) is 18.7 Å². The van der Waals surface area contributed by atoms with Crippen LogP contribution < -0.4 is 407 Å².